The molecule has 2 aromatic carbocycles. The summed E-state index contributed by atoms with van der Waals surface area (Å²) in [5.41, 5.74) is 3.94. The molecule has 1 aromatic heterocycles. The van der Waals surface area contributed by atoms with Crippen LogP contribution < -0.4 is 15.1 Å². The third-order valence-corrected chi connectivity index (χ3v) is 5.68. The van der Waals surface area contributed by atoms with Gasteiger partial charge in [-0.3, -0.25) is 14.6 Å². The maximum atomic E-state index is 12.8. The molecule has 0 saturated carbocycles. The van der Waals surface area contributed by atoms with Crippen LogP contribution in [-0.2, 0) is 4.79 Å². The topological polar surface area (TPSA) is 65.5 Å². The minimum absolute atomic E-state index is 0.0569. The van der Waals surface area contributed by atoms with Crippen LogP contribution in [0.25, 0.3) is 10.9 Å². The maximum absolute atomic E-state index is 12.8. The molecule has 2 amide bonds. The molecule has 0 aliphatic carbocycles. The van der Waals surface area contributed by atoms with Crippen molar-refractivity contribution >= 4 is 39.8 Å². The second kappa shape index (κ2) is 8.53. The van der Waals surface area contributed by atoms with Crippen molar-refractivity contribution in [2.75, 3.05) is 35.3 Å². The number of piperidine rings is 1. The minimum atomic E-state index is -0.204. The summed E-state index contributed by atoms with van der Waals surface area (Å²) in [5, 5.41) is 4.05. The van der Waals surface area contributed by atoms with Crippen LogP contribution in [0.1, 0.15) is 36.5 Å². The first-order valence-corrected chi connectivity index (χ1v) is 10.3. The minimum Gasteiger partial charge on any atom is -0.371 e. The van der Waals surface area contributed by atoms with Crippen molar-refractivity contribution in [2.24, 2.45) is 0 Å². The Labute approximate surface area is 176 Å². The van der Waals surface area contributed by atoms with E-state index in [1.54, 1.807) is 42.4 Å². The molecule has 1 aliphatic heterocycles. The molecule has 2 heterocycles. The Morgan fingerprint density at radius 1 is 1.00 bits per heavy atom. The molecule has 4 rings (SSSR count). The monoisotopic (exact) mass is 402 g/mol. The molecule has 0 atom stereocenters. The number of hydrogen-bond donors (Lipinski definition) is 1. The molecule has 0 spiro atoms. The number of amides is 2. The van der Waals surface area contributed by atoms with Crippen LogP contribution in [0.15, 0.2) is 54.7 Å². The summed E-state index contributed by atoms with van der Waals surface area (Å²) in [6, 6.07) is 15.0. The van der Waals surface area contributed by atoms with E-state index in [4.69, 9.17) is 0 Å². The Morgan fingerprint density at radius 2 is 1.73 bits per heavy atom. The molecule has 6 nitrogen and oxygen atoms in total. The summed E-state index contributed by atoms with van der Waals surface area (Å²) < 4.78 is 0. The van der Waals surface area contributed by atoms with Gasteiger partial charge < -0.3 is 15.1 Å². The number of fused-ring (bicyclic) bond motifs is 1. The summed E-state index contributed by atoms with van der Waals surface area (Å²) in [7, 11) is 1.71. The lowest BCUT2D eigenvalue weighted by atomic mass is 10.1. The molecule has 0 bridgehead atoms. The lowest BCUT2D eigenvalue weighted by molar-refractivity contribution is -0.116. The van der Waals surface area contributed by atoms with Crippen LogP contribution in [0, 0.1) is 0 Å². The molecular formula is C24H26N4O2. The number of nitrogens with zero attached hydrogens (tertiary/aromatic N) is 3. The molecule has 1 fully saturated rings. The first-order chi connectivity index (χ1) is 14.5. The summed E-state index contributed by atoms with van der Waals surface area (Å²) in [6.07, 6.45) is 5.44. The molecule has 154 valence electrons. The van der Waals surface area contributed by atoms with Gasteiger partial charge in [0.2, 0.25) is 5.91 Å². The molecular weight excluding hydrogens is 376 g/mol. The first kappa shape index (κ1) is 19.9. The first-order valence-electron chi connectivity index (χ1n) is 10.3. The van der Waals surface area contributed by atoms with Crippen molar-refractivity contribution in [1.29, 1.82) is 0 Å². The molecule has 6 heteroatoms. The largest absolute Gasteiger partial charge is 0.371 e. The van der Waals surface area contributed by atoms with E-state index in [1.165, 1.54) is 31.9 Å². The number of aromatic nitrogens is 1. The Bertz CT molecular complexity index is 1070. The highest BCUT2D eigenvalue weighted by Gasteiger charge is 2.17. The predicted octanol–water partition coefficient (Wildman–Crippen LogP) is 4.46. The van der Waals surface area contributed by atoms with Crippen molar-refractivity contribution in [2.45, 2.75) is 26.2 Å². The Hall–Kier alpha value is -3.41. The van der Waals surface area contributed by atoms with Gasteiger partial charge in [0, 0.05) is 55.6 Å². The van der Waals surface area contributed by atoms with Crippen LogP contribution in [0.5, 0.6) is 0 Å². The molecule has 3 aromatic rings. The number of anilines is 3. The van der Waals surface area contributed by atoms with E-state index in [1.807, 2.05) is 12.1 Å². The average Bonchev–Trinajstić information content (AvgIpc) is 2.79. The van der Waals surface area contributed by atoms with Gasteiger partial charge in [0.1, 0.15) is 0 Å². The second-order valence-electron chi connectivity index (χ2n) is 7.66. The number of pyridine rings is 1. The van der Waals surface area contributed by atoms with Crippen LogP contribution in [0.3, 0.4) is 0 Å². The van der Waals surface area contributed by atoms with Gasteiger partial charge in [-0.2, -0.15) is 0 Å². The summed E-state index contributed by atoms with van der Waals surface area (Å²) >= 11 is 0. The normalized spacial score (nSPS) is 13.9. The van der Waals surface area contributed by atoms with Crippen LogP contribution in [0.4, 0.5) is 17.1 Å². The predicted molar refractivity (Wildman–Crippen MR) is 121 cm³/mol. The smallest absolute Gasteiger partial charge is 0.255 e. The van der Waals surface area contributed by atoms with E-state index in [0.29, 0.717) is 11.3 Å². The molecule has 0 unspecified atom stereocenters. The maximum Gasteiger partial charge on any atom is 0.255 e. The molecule has 30 heavy (non-hydrogen) atoms. The van der Waals surface area contributed by atoms with Gasteiger partial charge in [-0.15, -0.1) is 0 Å². The zero-order valence-corrected chi connectivity index (χ0v) is 17.4. The van der Waals surface area contributed by atoms with E-state index in [0.717, 1.165) is 29.7 Å². The molecule has 1 saturated heterocycles. The van der Waals surface area contributed by atoms with E-state index in [9.17, 15) is 9.59 Å². The van der Waals surface area contributed by atoms with Crippen LogP contribution >= 0.6 is 0 Å². The zero-order chi connectivity index (χ0) is 21.1. The third kappa shape index (κ3) is 3.99. The summed E-state index contributed by atoms with van der Waals surface area (Å²) in [4.78, 5) is 32.8. The van der Waals surface area contributed by atoms with Gasteiger partial charge in [0.15, 0.2) is 0 Å². The lowest BCUT2D eigenvalue weighted by Gasteiger charge is -2.30. The lowest BCUT2D eigenvalue weighted by Crippen LogP contribution is -2.29. The Balaban J connectivity index is 1.59. The third-order valence-electron chi connectivity index (χ3n) is 5.68. The van der Waals surface area contributed by atoms with Crippen LogP contribution in [-0.4, -0.2) is 36.9 Å². The van der Waals surface area contributed by atoms with Crippen molar-refractivity contribution in [3.8, 4) is 0 Å². The molecule has 0 radical (unpaired) electrons. The fourth-order valence-electron chi connectivity index (χ4n) is 3.88. The van der Waals surface area contributed by atoms with Gasteiger partial charge >= 0.3 is 0 Å². The standard InChI is InChI=1S/C24H26N4O2/c1-17(29)27(2)19-10-8-18(9-11-19)24(30)26-21-12-13-22(28-15-4-3-5-16-28)20-7-6-14-25-23(20)21/h6-14H,3-5,15-16H2,1-2H3,(H,26,30). The van der Waals surface area contributed by atoms with E-state index >= 15 is 0 Å². The van der Waals surface area contributed by atoms with Crippen molar-refractivity contribution in [3.63, 3.8) is 0 Å². The van der Waals surface area contributed by atoms with Crippen molar-refractivity contribution in [1.82, 2.24) is 4.98 Å². The van der Waals surface area contributed by atoms with Crippen molar-refractivity contribution < 1.29 is 9.59 Å². The van der Waals surface area contributed by atoms with Gasteiger partial charge in [-0.1, -0.05) is 0 Å². The van der Waals surface area contributed by atoms with E-state index in [-0.39, 0.29) is 11.8 Å². The van der Waals surface area contributed by atoms with Gasteiger partial charge in [0.05, 0.1) is 11.2 Å². The quantitative estimate of drug-likeness (QED) is 0.700. The van der Waals surface area contributed by atoms with Crippen LogP contribution in [0.2, 0.25) is 0 Å². The van der Waals surface area contributed by atoms with E-state index < -0.39 is 0 Å². The number of carbonyl (C=O) groups excluding carboxylic acids is 2. The Kier molecular flexibility index (Phi) is 5.65. The van der Waals surface area contributed by atoms with Crippen molar-refractivity contribution in [3.05, 3.63) is 60.3 Å². The number of rotatable bonds is 4. The van der Waals surface area contributed by atoms with Gasteiger partial charge in [-0.25, -0.2) is 0 Å². The summed E-state index contributed by atoms with van der Waals surface area (Å²) in [5.74, 6) is -0.261. The highest BCUT2D eigenvalue weighted by Crippen LogP contribution is 2.32. The van der Waals surface area contributed by atoms with Gasteiger partial charge in [-0.05, 0) is 67.8 Å². The number of carbonyl (C=O) groups is 2. The average molecular weight is 402 g/mol. The fourth-order valence-corrected chi connectivity index (χ4v) is 3.88. The number of hydrogen-bond acceptors (Lipinski definition) is 4. The molecule has 1 aliphatic rings. The highest BCUT2D eigenvalue weighted by atomic mass is 16.2. The van der Waals surface area contributed by atoms with E-state index in [2.05, 4.69) is 27.3 Å². The van der Waals surface area contributed by atoms with Gasteiger partial charge in [0.25, 0.3) is 5.91 Å². The summed E-state index contributed by atoms with van der Waals surface area (Å²) in [6.45, 7) is 3.61. The molecule has 1 N–H and O–H groups in total. The highest BCUT2D eigenvalue weighted by molar-refractivity contribution is 6.10. The second-order valence-corrected chi connectivity index (χ2v) is 7.66. The fraction of sp³-hybridized carbons (Fsp3) is 0.292. The SMILES string of the molecule is CC(=O)N(C)c1ccc(C(=O)Nc2ccc(N3CCCCC3)c3cccnc23)cc1. The number of nitrogens with one attached hydrogen (secondary N) is 1. The zero-order valence-electron chi connectivity index (χ0n) is 17.4. The Morgan fingerprint density at radius 3 is 2.43 bits per heavy atom. The number of benzene rings is 2.